The maximum atomic E-state index is 14.0. The van der Waals surface area contributed by atoms with Crippen molar-refractivity contribution >= 4 is 64.6 Å². The number of halogens is 3. The van der Waals surface area contributed by atoms with Crippen LogP contribution in [-0.2, 0) is 30.5 Å². The van der Waals surface area contributed by atoms with Gasteiger partial charge in [0.2, 0.25) is 11.8 Å². The Balaban J connectivity index is 0.000000171. The summed E-state index contributed by atoms with van der Waals surface area (Å²) in [5, 5.41) is 30.0. The van der Waals surface area contributed by atoms with Crippen molar-refractivity contribution < 1.29 is 66.1 Å². The van der Waals surface area contributed by atoms with E-state index in [0.29, 0.717) is 106 Å². The summed E-state index contributed by atoms with van der Waals surface area (Å²) in [4.78, 5) is 130. The van der Waals surface area contributed by atoms with Gasteiger partial charge in [-0.1, -0.05) is 112 Å². The zero-order valence-electron chi connectivity index (χ0n) is 73.8. The highest BCUT2D eigenvalue weighted by Gasteiger charge is 2.48. The van der Waals surface area contributed by atoms with Gasteiger partial charge >= 0.3 is 12.2 Å². The number of fused-ring (bicyclic) bond motifs is 3. The summed E-state index contributed by atoms with van der Waals surface area (Å²) in [6.07, 6.45) is 6.34. The number of rotatable bonds is 16. The van der Waals surface area contributed by atoms with Crippen molar-refractivity contribution in [3.8, 4) is 33.8 Å². The van der Waals surface area contributed by atoms with Crippen LogP contribution in [0.5, 0.6) is 0 Å². The summed E-state index contributed by atoms with van der Waals surface area (Å²) in [6.45, 7) is 35.2. The molecule has 3 aliphatic heterocycles. The first-order valence-electron chi connectivity index (χ1n) is 42.5. The second kappa shape index (κ2) is 37.5. The van der Waals surface area contributed by atoms with Crippen LogP contribution in [0.4, 0.5) is 22.8 Å². The summed E-state index contributed by atoms with van der Waals surface area (Å²) >= 11 is 0. The van der Waals surface area contributed by atoms with Crippen LogP contribution in [0.25, 0.3) is 50.7 Å². The van der Waals surface area contributed by atoms with Gasteiger partial charge < -0.3 is 54.6 Å². The van der Waals surface area contributed by atoms with Gasteiger partial charge in [0.25, 0.3) is 23.6 Å². The van der Waals surface area contributed by atoms with Gasteiger partial charge in [-0.2, -0.15) is 15.3 Å². The number of benzene rings is 4. The van der Waals surface area contributed by atoms with Crippen LogP contribution in [0.3, 0.4) is 0 Å². The van der Waals surface area contributed by atoms with Gasteiger partial charge in [-0.15, -0.1) is 0 Å². The largest absolute Gasteiger partial charge is 0.445 e. The first-order chi connectivity index (χ1) is 58.5. The fourth-order valence-corrected chi connectivity index (χ4v) is 16.0. The van der Waals surface area contributed by atoms with Crippen LogP contribution in [0, 0.1) is 22.9 Å². The van der Waals surface area contributed by atoms with E-state index in [0.717, 1.165) is 58.2 Å². The topological polar surface area (TPSA) is 309 Å². The Labute approximate surface area is 720 Å². The monoisotopic (exact) mass is 1700 g/mol. The van der Waals surface area contributed by atoms with Gasteiger partial charge in [0.1, 0.15) is 63.9 Å². The number of hydrogen-bond donors (Lipinski definition) is 3. The summed E-state index contributed by atoms with van der Waals surface area (Å²) < 4.78 is 56.1. The highest BCUT2D eigenvalue weighted by atomic mass is 19.1. The van der Waals surface area contributed by atoms with E-state index in [9.17, 15) is 56.6 Å². The number of carbonyl (C=O) groups is 8. The third-order valence-corrected chi connectivity index (χ3v) is 22.9. The maximum absolute atomic E-state index is 14.0. The van der Waals surface area contributed by atoms with Gasteiger partial charge in [0.15, 0.2) is 16.9 Å². The molecule has 0 unspecified atom stereocenters. The minimum Gasteiger partial charge on any atom is -0.445 e. The number of nitrogens with zero attached hydrogens (tertiary/aromatic N) is 15. The second-order valence-corrected chi connectivity index (χ2v) is 36.3. The number of aliphatic hydroxyl groups excluding tert-OH is 1. The van der Waals surface area contributed by atoms with Crippen LogP contribution in [0.2, 0.25) is 0 Å². The fourth-order valence-electron chi connectivity index (χ4n) is 16.0. The van der Waals surface area contributed by atoms with Crippen molar-refractivity contribution in [2.75, 3.05) is 58.9 Å². The Morgan fingerprint density at radius 3 is 1.19 bits per heavy atom. The van der Waals surface area contributed by atoms with Gasteiger partial charge in [0, 0.05) is 110 Å². The normalized spacial score (nSPS) is 17.3. The van der Waals surface area contributed by atoms with Crippen molar-refractivity contribution in [1.82, 2.24) is 83.8 Å². The number of amides is 8. The molecule has 28 nitrogen and oxygen atoms in total. The standard InChI is InChI=1S/C33H43FN6O4.C33H37FN6O4.C27H34FN5O3/c1-21(2)25-18-26(23-10-12-24(34)13-11-23)37-40-20-27(35-28(25)40)29(41)38-16-17-39(22(3)19-38)30(42)33(14-8-7-9-15-33)36-31(43)44-32(4,5)6;1-21(2)26-17-27(24-11-13-25(34)14-12-24)37-40-19-28(35-29(26)40)30(41)38-15-16-39(22(3)18-38)31(42)33(4,5)36-32(43)44-20-23-9-7-6-8-10-23;1-16(2)20-13-21(18-7-9-19(28)10-8-18)30-33-15-22(29-24(20)33)25(35)31-11-12-32(17(3)14-31)26(36)23(34)27(4,5)6/h10-13,18,20-22H,7-9,14-17,19H2,1-6H3,(H,36,43);6-14,17,19,21-22H,15-16,18,20H2,1-5H3,(H,36,43);7-10,13,15-17,23,34H,11-12,14H2,1-6H3/t2*22-;17-,23-/m000/s1. The number of alkyl carbamates (subject to hydrolysis) is 2. The Kier molecular flexibility index (Phi) is 27.5. The second-order valence-electron chi connectivity index (χ2n) is 36.3. The first kappa shape index (κ1) is 91.1. The predicted octanol–water partition coefficient (Wildman–Crippen LogP) is 14.3. The van der Waals surface area contributed by atoms with E-state index in [2.05, 4.69) is 49.7 Å². The lowest BCUT2D eigenvalue weighted by atomic mass is 9.80. The van der Waals surface area contributed by atoms with Gasteiger partial charge in [-0.05, 0) is 188 Å². The molecule has 6 aromatic heterocycles. The minimum atomic E-state index is -1.21. The highest BCUT2D eigenvalue weighted by molar-refractivity contribution is 5.96. The molecule has 3 N–H and O–H groups in total. The fraction of sp³-hybridized carbons (Fsp3) is 0.462. The number of aliphatic hydroxyl groups is 1. The quantitative estimate of drug-likeness (QED) is 0.0809. The van der Waals surface area contributed by atoms with E-state index in [4.69, 9.17) is 14.5 Å². The molecule has 658 valence electrons. The zero-order valence-corrected chi connectivity index (χ0v) is 73.8. The molecule has 0 spiro atoms. The van der Waals surface area contributed by atoms with E-state index < -0.39 is 40.4 Å². The van der Waals surface area contributed by atoms with Gasteiger partial charge in [0.05, 0.1) is 35.7 Å². The third kappa shape index (κ3) is 21.0. The molecule has 0 bridgehead atoms. The summed E-state index contributed by atoms with van der Waals surface area (Å²) in [7, 11) is 0. The molecule has 1 aliphatic carbocycles. The molecule has 1 saturated carbocycles. The van der Waals surface area contributed by atoms with Crippen LogP contribution in [0.1, 0.15) is 221 Å². The predicted molar refractivity (Wildman–Crippen MR) is 463 cm³/mol. The van der Waals surface area contributed by atoms with Crippen molar-refractivity contribution in [3.63, 3.8) is 0 Å². The lowest BCUT2D eigenvalue weighted by Crippen LogP contribution is -2.65. The molecular weight excluding hydrogens is 1590 g/mol. The third-order valence-electron chi connectivity index (χ3n) is 22.9. The smallest absolute Gasteiger partial charge is 0.408 e. The van der Waals surface area contributed by atoms with Crippen molar-refractivity contribution in [3.05, 3.63) is 197 Å². The molecule has 4 aromatic carbocycles. The number of aromatic nitrogens is 9. The number of imidazole rings is 3. The van der Waals surface area contributed by atoms with Crippen molar-refractivity contribution in [2.45, 2.75) is 215 Å². The highest BCUT2D eigenvalue weighted by Crippen LogP contribution is 2.36. The van der Waals surface area contributed by atoms with Crippen molar-refractivity contribution in [1.29, 1.82) is 0 Å². The Bertz CT molecular complexity index is 5560. The summed E-state index contributed by atoms with van der Waals surface area (Å²) in [5.41, 5.74) is 7.05. The maximum Gasteiger partial charge on any atom is 0.408 e. The molecule has 10 aromatic rings. The number of hydrogen-bond acceptors (Lipinski definition) is 17. The average Bonchev–Trinajstić information content (AvgIpc) is 1.69. The lowest BCUT2D eigenvalue weighted by Gasteiger charge is -2.46. The Morgan fingerprint density at radius 2 is 0.847 bits per heavy atom. The van der Waals surface area contributed by atoms with E-state index in [-0.39, 0.29) is 112 Å². The molecule has 124 heavy (non-hydrogen) atoms. The SMILES string of the molecule is CC(C)c1cc(-c2ccc(F)cc2)nn2cc(C(=O)N3CCN(C(=O)C(C)(C)NC(=O)OCc4ccccc4)[C@@H](C)C3)nc12.CC(C)c1cc(-c2ccc(F)cc2)nn2cc(C(=O)N3CCN(C(=O)C4(NC(=O)OC(C)(C)C)CCCCC4)[C@@H](C)C3)nc12.CC(C)c1cc(-c2ccc(F)cc2)nn2cc(C(=O)N3CCN(C(=O)[C@H](O)C(C)(C)C)[C@@H](C)C3)nc12. The zero-order chi connectivity index (χ0) is 89.8. The van der Waals surface area contributed by atoms with Crippen LogP contribution >= 0.6 is 0 Å². The molecular formula is C93H114F3N17O11. The van der Waals surface area contributed by atoms with Gasteiger partial charge in [-0.3, -0.25) is 28.8 Å². The Morgan fingerprint density at radius 1 is 0.484 bits per heavy atom. The molecule has 14 rings (SSSR count). The van der Waals surface area contributed by atoms with Crippen LogP contribution < -0.4 is 10.6 Å². The average molecular weight is 1700 g/mol. The summed E-state index contributed by atoms with van der Waals surface area (Å²) in [5.74, 6) is -2.02. The first-order valence-corrected chi connectivity index (χ1v) is 42.5. The van der Waals surface area contributed by atoms with E-state index in [1.165, 1.54) is 36.4 Å². The van der Waals surface area contributed by atoms with Crippen molar-refractivity contribution in [2.24, 2.45) is 5.41 Å². The number of nitrogens with one attached hydrogen (secondary N) is 2. The van der Waals surface area contributed by atoms with Crippen LogP contribution in [0.15, 0.2) is 140 Å². The summed E-state index contributed by atoms with van der Waals surface area (Å²) in [6, 6.07) is 32.7. The Hall–Kier alpha value is -12.2. The molecule has 4 atom stereocenters. The molecule has 9 heterocycles. The van der Waals surface area contributed by atoms with E-state index in [1.54, 1.807) is 133 Å². The molecule has 8 amide bonds. The molecule has 4 aliphatic rings. The van der Waals surface area contributed by atoms with E-state index >= 15 is 0 Å². The van der Waals surface area contributed by atoms with Gasteiger partial charge in [-0.25, -0.2) is 51.3 Å². The number of carbonyl (C=O) groups excluding carboxylic acids is 8. The minimum absolute atomic E-state index is 0.0962. The number of piperazine rings is 3. The van der Waals surface area contributed by atoms with Crippen LogP contribution in [-0.4, -0.2) is 226 Å². The molecule has 4 fully saturated rings. The van der Waals surface area contributed by atoms with E-state index in [1.807, 2.05) is 118 Å². The lowest BCUT2D eigenvalue weighted by molar-refractivity contribution is -0.150. The molecule has 0 radical (unpaired) electrons. The molecule has 31 heteroatoms. The number of ether oxygens (including phenoxy) is 2. The molecule has 3 saturated heterocycles.